The predicted octanol–water partition coefficient (Wildman–Crippen LogP) is 2.76. The van der Waals surface area contributed by atoms with Gasteiger partial charge in [0.05, 0.1) is 11.6 Å². The number of Topliss-reactive ketones (excluding diaryl/α,β-unsaturated/α-hetero) is 1. The first kappa shape index (κ1) is 14.5. The molecule has 2 rings (SSSR count). The minimum Gasteiger partial charge on any atom is -0.390 e. The van der Waals surface area contributed by atoms with Gasteiger partial charge in [0, 0.05) is 23.7 Å². The summed E-state index contributed by atoms with van der Waals surface area (Å²) in [4.78, 5) is 14.5. The van der Waals surface area contributed by atoms with Gasteiger partial charge >= 0.3 is 0 Å². The minimum absolute atomic E-state index is 0.0871. The Morgan fingerprint density at radius 1 is 1.42 bits per heavy atom. The third-order valence-corrected chi connectivity index (χ3v) is 4.15. The maximum absolute atomic E-state index is 12.4. The predicted molar refractivity (Wildman–Crippen MR) is 76.7 cm³/mol. The van der Waals surface area contributed by atoms with Crippen LogP contribution in [-0.4, -0.2) is 40.5 Å². The number of carbonyl (C=O) groups is 1. The zero-order chi connectivity index (χ0) is 14.0. The fraction of sp³-hybridized carbons (Fsp3) is 0.533. The molecule has 1 aromatic carbocycles. The van der Waals surface area contributed by atoms with Crippen molar-refractivity contribution in [2.45, 2.75) is 38.3 Å². The molecule has 0 aromatic heterocycles. The van der Waals surface area contributed by atoms with Crippen LogP contribution in [0.4, 0.5) is 0 Å². The zero-order valence-corrected chi connectivity index (χ0v) is 12.2. The molecule has 0 aliphatic carbocycles. The molecule has 0 radical (unpaired) electrons. The minimum atomic E-state index is -0.588. The van der Waals surface area contributed by atoms with Gasteiger partial charge < -0.3 is 5.11 Å². The molecule has 0 amide bonds. The number of hydrogen-bond acceptors (Lipinski definition) is 3. The molecular weight excluding hydrogens is 262 g/mol. The van der Waals surface area contributed by atoms with Crippen LogP contribution in [0.3, 0.4) is 0 Å². The maximum Gasteiger partial charge on any atom is 0.179 e. The molecule has 3 nitrogen and oxygen atoms in total. The molecular formula is C15H20ClNO2. The number of ketones is 1. The molecule has 19 heavy (non-hydrogen) atoms. The zero-order valence-electron chi connectivity index (χ0n) is 11.4. The Morgan fingerprint density at radius 2 is 2.05 bits per heavy atom. The van der Waals surface area contributed by atoms with Crippen LogP contribution in [0, 0.1) is 0 Å². The highest BCUT2D eigenvalue weighted by Crippen LogP contribution is 2.24. The van der Waals surface area contributed by atoms with Crippen molar-refractivity contribution in [2.24, 2.45) is 0 Å². The van der Waals surface area contributed by atoms with Crippen molar-refractivity contribution in [2.75, 3.05) is 13.1 Å². The molecule has 0 saturated carbocycles. The molecule has 1 heterocycles. The molecule has 1 aromatic rings. The van der Waals surface area contributed by atoms with Crippen LogP contribution in [-0.2, 0) is 0 Å². The highest BCUT2D eigenvalue weighted by Gasteiger charge is 2.31. The number of aliphatic hydroxyl groups is 1. The number of piperidine rings is 1. The second-order valence-electron chi connectivity index (χ2n) is 5.58. The normalized spacial score (nSPS) is 21.1. The van der Waals surface area contributed by atoms with Crippen LogP contribution in [0.2, 0.25) is 5.02 Å². The van der Waals surface area contributed by atoms with Crippen molar-refractivity contribution in [3.63, 3.8) is 0 Å². The lowest BCUT2D eigenvalue weighted by atomic mass is 9.92. The Balaban J connectivity index is 2.04. The van der Waals surface area contributed by atoms with E-state index >= 15 is 0 Å². The summed E-state index contributed by atoms with van der Waals surface area (Å²) < 4.78 is 0. The SMILES string of the molecule is CC(C(=O)c1cccc(Cl)c1)N1CCC(C)(O)CC1. The molecule has 1 saturated heterocycles. The first-order valence-corrected chi connectivity index (χ1v) is 7.03. The summed E-state index contributed by atoms with van der Waals surface area (Å²) in [7, 11) is 0. The third-order valence-electron chi connectivity index (χ3n) is 3.91. The third kappa shape index (κ3) is 3.56. The molecule has 1 atom stereocenters. The summed E-state index contributed by atoms with van der Waals surface area (Å²) in [6, 6.07) is 6.89. The number of carbonyl (C=O) groups excluding carboxylic acids is 1. The van der Waals surface area contributed by atoms with Crippen LogP contribution < -0.4 is 0 Å². The number of nitrogens with zero attached hydrogens (tertiary/aromatic N) is 1. The van der Waals surface area contributed by atoms with Crippen molar-refractivity contribution in [1.29, 1.82) is 0 Å². The summed E-state index contributed by atoms with van der Waals surface area (Å²) in [5, 5.41) is 10.5. The van der Waals surface area contributed by atoms with E-state index in [9.17, 15) is 9.90 Å². The lowest BCUT2D eigenvalue weighted by molar-refractivity contribution is -0.0127. The van der Waals surface area contributed by atoms with E-state index in [1.165, 1.54) is 0 Å². The number of likely N-dealkylation sites (tertiary alicyclic amines) is 1. The van der Waals surface area contributed by atoms with Gasteiger partial charge in [0.25, 0.3) is 0 Å². The average Bonchev–Trinajstić information content (AvgIpc) is 2.37. The first-order chi connectivity index (χ1) is 8.89. The molecule has 1 aliphatic rings. The molecule has 1 N–H and O–H groups in total. The van der Waals surface area contributed by atoms with Gasteiger partial charge in [-0.15, -0.1) is 0 Å². The van der Waals surface area contributed by atoms with Crippen LogP contribution >= 0.6 is 11.6 Å². The molecule has 0 spiro atoms. The van der Waals surface area contributed by atoms with E-state index in [1.54, 1.807) is 24.3 Å². The molecule has 1 aliphatic heterocycles. The van der Waals surface area contributed by atoms with E-state index in [4.69, 9.17) is 11.6 Å². The van der Waals surface area contributed by atoms with Crippen molar-refractivity contribution in [3.05, 3.63) is 34.9 Å². The summed E-state index contributed by atoms with van der Waals surface area (Å²) in [6.07, 6.45) is 1.42. The van der Waals surface area contributed by atoms with E-state index in [1.807, 2.05) is 13.8 Å². The van der Waals surface area contributed by atoms with Gasteiger partial charge in [0.15, 0.2) is 5.78 Å². The smallest absolute Gasteiger partial charge is 0.179 e. The van der Waals surface area contributed by atoms with Gasteiger partial charge in [-0.1, -0.05) is 23.7 Å². The molecule has 1 unspecified atom stereocenters. The lowest BCUT2D eigenvalue weighted by Gasteiger charge is -2.38. The van der Waals surface area contributed by atoms with E-state index in [0.29, 0.717) is 23.4 Å². The monoisotopic (exact) mass is 281 g/mol. The Hall–Kier alpha value is -0.900. The number of hydrogen-bond donors (Lipinski definition) is 1. The quantitative estimate of drug-likeness (QED) is 0.866. The lowest BCUT2D eigenvalue weighted by Crippen LogP contribution is -2.48. The largest absolute Gasteiger partial charge is 0.390 e. The molecule has 1 fully saturated rings. The second-order valence-corrected chi connectivity index (χ2v) is 6.02. The molecule has 4 heteroatoms. The van der Waals surface area contributed by atoms with E-state index < -0.39 is 5.60 Å². The van der Waals surface area contributed by atoms with Crippen molar-refractivity contribution < 1.29 is 9.90 Å². The van der Waals surface area contributed by atoms with Gasteiger partial charge in [0.2, 0.25) is 0 Å². The highest BCUT2D eigenvalue weighted by molar-refractivity contribution is 6.31. The average molecular weight is 282 g/mol. The second kappa shape index (κ2) is 5.61. The fourth-order valence-electron chi connectivity index (χ4n) is 2.44. The van der Waals surface area contributed by atoms with Crippen molar-refractivity contribution >= 4 is 17.4 Å². The van der Waals surface area contributed by atoms with Crippen LogP contribution in [0.25, 0.3) is 0 Å². The molecule has 104 valence electrons. The molecule has 0 bridgehead atoms. The Morgan fingerprint density at radius 3 is 2.63 bits per heavy atom. The van der Waals surface area contributed by atoms with Gasteiger partial charge in [-0.05, 0) is 38.8 Å². The number of halogens is 1. The van der Waals surface area contributed by atoms with Gasteiger partial charge in [0.1, 0.15) is 0 Å². The van der Waals surface area contributed by atoms with E-state index in [2.05, 4.69) is 4.90 Å². The van der Waals surface area contributed by atoms with E-state index in [0.717, 1.165) is 13.1 Å². The Kier molecular flexibility index (Phi) is 4.29. The Bertz CT molecular complexity index is 463. The van der Waals surface area contributed by atoms with Gasteiger partial charge in [-0.25, -0.2) is 0 Å². The van der Waals surface area contributed by atoms with Gasteiger partial charge in [-0.3, -0.25) is 9.69 Å². The summed E-state index contributed by atoms with van der Waals surface area (Å²) >= 11 is 5.92. The fourth-order valence-corrected chi connectivity index (χ4v) is 2.63. The topological polar surface area (TPSA) is 40.5 Å². The maximum atomic E-state index is 12.4. The number of benzene rings is 1. The van der Waals surface area contributed by atoms with Crippen LogP contribution in [0.1, 0.15) is 37.0 Å². The van der Waals surface area contributed by atoms with Crippen molar-refractivity contribution in [1.82, 2.24) is 4.90 Å². The number of rotatable bonds is 3. The van der Waals surface area contributed by atoms with E-state index in [-0.39, 0.29) is 11.8 Å². The van der Waals surface area contributed by atoms with Gasteiger partial charge in [-0.2, -0.15) is 0 Å². The van der Waals surface area contributed by atoms with Crippen LogP contribution in [0.5, 0.6) is 0 Å². The standard InChI is InChI=1S/C15H20ClNO2/c1-11(17-8-6-15(2,19)7-9-17)14(18)12-4-3-5-13(16)10-12/h3-5,10-11,19H,6-9H2,1-2H3. The Labute approximate surface area is 119 Å². The highest BCUT2D eigenvalue weighted by atomic mass is 35.5. The van der Waals surface area contributed by atoms with Crippen molar-refractivity contribution in [3.8, 4) is 0 Å². The summed E-state index contributed by atoms with van der Waals surface area (Å²) in [6.45, 7) is 5.28. The summed E-state index contributed by atoms with van der Waals surface area (Å²) in [5.41, 5.74) is 0.0623. The van der Waals surface area contributed by atoms with Crippen LogP contribution in [0.15, 0.2) is 24.3 Å². The summed E-state index contributed by atoms with van der Waals surface area (Å²) in [5.74, 6) is 0.0871. The first-order valence-electron chi connectivity index (χ1n) is 6.65.